The molecule has 2 aromatic rings. The largest absolute Gasteiger partial charge is 0.317 e. The van der Waals surface area contributed by atoms with Crippen molar-refractivity contribution in [1.29, 1.82) is 0 Å². The molecule has 1 aliphatic heterocycles. The molecule has 3 heterocycles. The lowest BCUT2D eigenvalue weighted by Crippen LogP contribution is -2.15. The van der Waals surface area contributed by atoms with E-state index in [9.17, 15) is 0 Å². The highest BCUT2D eigenvalue weighted by atomic mass is 15.3. The highest BCUT2D eigenvalue weighted by Gasteiger charge is 2.21. The third-order valence-corrected chi connectivity index (χ3v) is 4.02. The Morgan fingerprint density at radius 3 is 2.90 bits per heavy atom. The molecule has 112 valence electrons. The number of rotatable bonds is 4. The normalized spacial score (nSPS) is 19.4. The van der Waals surface area contributed by atoms with Crippen LogP contribution in [-0.2, 0) is 6.54 Å². The van der Waals surface area contributed by atoms with Crippen LogP contribution in [0, 0.1) is 0 Å². The molecular weight excluding hydrogens is 262 g/mol. The molecule has 0 saturated carbocycles. The van der Waals surface area contributed by atoms with Gasteiger partial charge in [0, 0.05) is 30.4 Å². The van der Waals surface area contributed by atoms with Crippen LogP contribution in [0.1, 0.15) is 44.3 Å². The van der Waals surface area contributed by atoms with Crippen molar-refractivity contribution in [2.45, 2.75) is 45.1 Å². The molecule has 0 aliphatic carbocycles. The maximum Gasteiger partial charge on any atom is 0.181 e. The van der Waals surface area contributed by atoms with Gasteiger partial charge in [0.2, 0.25) is 0 Å². The van der Waals surface area contributed by atoms with Crippen LogP contribution in [0.25, 0.3) is 11.4 Å². The van der Waals surface area contributed by atoms with Crippen LogP contribution >= 0.6 is 0 Å². The zero-order chi connectivity index (χ0) is 14.5. The predicted molar refractivity (Wildman–Crippen MR) is 83.0 cm³/mol. The van der Waals surface area contributed by atoms with Gasteiger partial charge < -0.3 is 5.32 Å². The first kappa shape index (κ1) is 14.2. The second-order valence-electron chi connectivity index (χ2n) is 5.63. The molecule has 0 amide bonds. The van der Waals surface area contributed by atoms with Gasteiger partial charge in [-0.1, -0.05) is 6.92 Å². The van der Waals surface area contributed by atoms with E-state index in [2.05, 4.69) is 21.9 Å². The van der Waals surface area contributed by atoms with Crippen LogP contribution in [0.5, 0.6) is 0 Å². The topological polar surface area (TPSA) is 55.6 Å². The SMILES string of the molecule is CCCn1nc(-c2ccncc2)nc1[C@@H]1CCCNCC1. The van der Waals surface area contributed by atoms with Gasteiger partial charge in [-0.2, -0.15) is 5.10 Å². The van der Waals surface area contributed by atoms with Gasteiger partial charge in [-0.15, -0.1) is 0 Å². The van der Waals surface area contributed by atoms with Gasteiger partial charge in [-0.3, -0.25) is 4.98 Å². The highest BCUT2D eigenvalue weighted by Crippen LogP contribution is 2.27. The van der Waals surface area contributed by atoms with Crippen LogP contribution in [-0.4, -0.2) is 32.8 Å². The number of aryl methyl sites for hydroxylation is 1. The summed E-state index contributed by atoms with van der Waals surface area (Å²) in [5.41, 5.74) is 1.05. The summed E-state index contributed by atoms with van der Waals surface area (Å²) in [6.45, 7) is 5.33. The van der Waals surface area contributed by atoms with Crippen molar-refractivity contribution >= 4 is 0 Å². The molecule has 1 saturated heterocycles. The Bertz CT molecular complexity index is 555. The first-order valence-electron chi connectivity index (χ1n) is 7.94. The molecule has 5 heteroatoms. The monoisotopic (exact) mass is 285 g/mol. The summed E-state index contributed by atoms with van der Waals surface area (Å²) in [6.07, 6.45) is 8.24. The van der Waals surface area contributed by atoms with Crippen molar-refractivity contribution in [3.63, 3.8) is 0 Å². The summed E-state index contributed by atoms with van der Waals surface area (Å²) >= 11 is 0. The Hall–Kier alpha value is -1.75. The molecular formula is C16H23N5. The third-order valence-electron chi connectivity index (χ3n) is 4.02. The van der Waals surface area contributed by atoms with E-state index >= 15 is 0 Å². The first-order chi connectivity index (χ1) is 10.4. The van der Waals surface area contributed by atoms with E-state index in [0.29, 0.717) is 5.92 Å². The molecule has 5 nitrogen and oxygen atoms in total. The summed E-state index contributed by atoms with van der Waals surface area (Å²) < 4.78 is 2.12. The van der Waals surface area contributed by atoms with Crippen LogP contribution in [0.15, 0.2) is 24.5 Å². The molecule has 21 heavy (non-hydrogen) atoms. The predicted octanol–water partition coefficient (Wildman–Crippen LogP) is 2.61. The van der Waals surface area contributed by atoms with E-state index in [4.69, 9.17) is 10.1 Å². The molecule has 0 unspecified atom stereocenters. The van der Waals surface area contributed by atoms with E-state index in [1.165, 1.54) is 12.8 Å². The van der Waals surface area contributed by atoms with E-state index in [-0.39, 0.29) is 0 Å². The molecule has 0 bridgehead atoms. The molecule has 1 N–H and O–H groups in total. The van der Waals surface area contributed by atoms with Gasteiger partial charge in [0.15, 0.2) is 5.82 Å². The number of pyridine rings is 1. The van der Waals surface area contributed by atoms with Crippen molar-refractivity contribution in [3.8, 4) is 11.4 Å². The van der Waals surface area contributed by atoms with Crippen LogP contribution in [0.2, 0.25) is 0 Å². The van der Waals surface area contributed by atoms with E-state index < -0.39 is 0 Å². The maximum atomic E-state index is 4.86. The summed E-state index contributed by atoms with van der Waals surface area (Å²) in [4.78, 5) is 8.93. The zero-order valence-corrected chi connectivity index (χ0v) is 12.6. The Morgan fingerprint density at radius 1 is 1.24 bits per heavy atom. The molecule has 1 fully saturated rings. The second kappa shape index (κ2) is 6.80. The summed E-state index contributed by atoms with van der Waals surface area (Å²) in [7, 11) is 0. The van der Waals surface area contributed by atoms with E-state index in [1.54, 1.807) is 12.4 Å². The fourth-order valence-corrected chi connectivity index (χ4v) is 2.93. The second-order valence-corrected chi connectivity index (χ2v) is 5.63. The average Bonchev–Trinajstić information content (AvgIpc) is 2.76. The molecule has 0 radical (unpaired) electrons. The Labute approximate surface area is 125 Å². The van der Waals surface area contributed by atoms with Gasteiger partial charge in [-0.05, 0) is 50.9 Å². The Morgan fingerprint density at radius 2 is 2.10 bits per heavy atom. The van der Waals surface area contributed by atoms with Gasteiger partial charge in [-0.25, -0.2) is 9.67 Å². The zero-order valence-electron chi connectivity index (χ0n) is 12.6. The molecule has 1 aliphatic rings. The van der Waals surface area contributed by atoms with Crippen LogP contribution < -0.4 is 5.32 Å². The smallest absolute Gasteiger partial charge is 0.181 e. The summed E-state index contributed by atoms with van der Waals surface area (Å²) in [5, 5.41) is 8.20. The third kappa shape index (κ3) is 3.29. The molecule has 1 atom stereocenters. The number of hydrogen-bond donors (Lipinski definition) is 1. The van der Waals surface area contributed by atoms with Crippen molar-refractivity contribution < 1.29 is 0 Å². The lowest BCUT2D eigenvalue weighted by atomic mass is 10.00. The molecule has 3 rings (SSSR count). The molecule has 0 spiro atoms. The van der Waals surface area contributed by atoms with E-state index in [0.717, 1.165) is 49.7 Å². The quantitative estimate of drug-likeness (QED) is 0.938. The number of aromatic nitrogens is 4. The molecule has 2 aromatic heterocycles. The summed E-state index contributed by atoms with van der Waals surface area (Å²) in [6, 6.07) is 3.95. The Kier molecular flexibility index (Phi) is 4.60. The van der Waals surface area contributed by atoms with Crippen LogP contribution in [0.3, 0.4) is 0 Å². The van der Waals surface area contributed by atoms with Gasteiger partial charge in [0.1, 0.15) is 5.82 Å². The number of nitrogens with one attached hydrogen (secondary N) is 1. The standard InChI is InChI=1S/C16H23N5/c1-2-12-21-16(14-4-3-8-17-11-7-14)19-15(20-21)13-5-9-18-10-6-13/h5-6,9-10,14,17H,2-4,7-8,11-12H2,1H3/t14-/m1/s1. The number of nitrogens with zero attached hydrogens (tertiary/aromatic N) is 4. The van der Waals surface area contributed by atoms with Crippen LogP contribution in [0.4, 0.5) is 0 Å². The fourth-order valence-electron chi connectivity index (χ4n) is 2.93. The van der Waals surface area contributed by atoms with Crippen molar-refractivity contribution in [2.75, 3.05) is 13.1 Å². The average molecular weight is 285 g/mol. The minimum absolute atomic E-state index is 0.523. The van der Waals surface area contributed by atoms with Gasteiger partial charge in [0.05, 0.1) is 0 Å². The van der Waals surface area contributed by atoms with Gasteiger partial charge in [0.25, 0.3) is 0 Å². The first-order valence-corrected chi connectivity index (χ1v) is 7.94. The van der Waals surface area contributed by atoms with E-state index in [1.807, 2.05) is 12.1 Å². The highest BCUT2D eigenvalue weighted by molar-refractivity contribution is 5.53. The fraction of sp³-hybridized carbons (Fsp3) is 0.562. The van der Waals surface area contributed by atoms with Crippen molar-refractivity contribution in [1.82, 2.24) is 25.1 Å². The summed E-state index contributed by atoms with van der Waals surface area (Å²) in [5.74, 6) is 2.51. The minimum atomic E-state index is 0.523. The minimum Gasteiger partial charge on any atom is -0.317 e. The molecule has 0 aromatic carbocycles. The number of hydrogen-bond acceptors (Lipinski definition) is 4. The maximum absolute atomic E-state index is 4.86. The van der Waals surface area contributed by atoms with Gasteiger partial charge >= 0.3 is 0 Å². The van der Waals surface area contributed by atoms with Crippen molar-refractivity contribution in [2.24, 2.45) is 0 Å². The Balaban J connectivity index is 1.92. The van der Waals surface area contributed by atoms with Crippen molar-refractivity contribution in [3.05, 3.63) is 30.4 Å². The lowest BCUT2D eigenvalue weighted by molar-refractivity contribution is 0.497. The lowest BCUT2D eigenvalue weighted by Gasteiger charge is -2.13.